The molecule has 0 saturated carbocycles. The minimum absolute atomic E-state index is 0.700. The minimum atomic E-state index is -0.743. The number of aromatic nitrogens is 4. The molecular formula is C10H11BrN4O. The molecule has 0 bridgehead atoms. The van der Waals surface area contributed by atoms with Gasteiger partial charge in [-0.25, -0.2) is 0 Å². The summed E-state index contributed by atoms with van der Waals surface area (Å²) in [5.41, 5.74) is 1.43. The van der Waals surface area contributed by atoms with Gasteiger partial charge in [-0.1, -0.05) is 0 Å². The minimum Gasteiger partial charge on any atom is -0.382 e. The Morgan fingerprint density at radius 2 is 2.25 bits per heavy atom. The number of rotatable bonds is 3. The standard InChI is InChI=1S/C10H11BrN4O/c1-2-15-9(8(11)6-14-15)10(16)7-3-4-12-13-5-7/h3-6,10,16H,2H2,1H3. The SMILES string of the molecule is CCn1ncc(Br)c1C(O)c1ccnnc1. The number of hydrogen-bond donors (Lipinski definition) is 1. The van der Waals surface area contributed by atoms with E-state index in [4.69, 9.17) is 0 Å². The summed E-state index contributed by atoms with van der Waals surface area (Å²) >= 11 is 3.38. The van der Waals surface area contributed by atoms with Crippen LogP contribution >= 0.6 is 15.9 Å². The summed E-state index contributed by atoms with van der Waals surface area (Å²) in [5, 5.41) is 21.8. The second kappa shape index (κ2) is 4.71. The van der Waals surface area contributed by atoms with Gasteiger partial charge in [0.25, 0.3) is 0 Å². The number of aryl methyl sites for hydroxylation is 1. The van der Waals surface area contributed by atoms with E-state index in [-0.39, 0.29) is 0 Å². The Kier molecular flexibility index (Phi) is 3.31. The van der Waals surface area contributed by atoms with Crippen LogP contribution in [-0.4, -0.2) is 25.1 Å². The van der Waals surface area contributed by atoms with Crippen molar-refractivity contribution in [2.75, 3.05) is 0 Å². The molecule has 1 N–H and O–H groups in total. The zero-order chi connectivity index (χ0) is 11.5. The number of aliphatic hydroxyl groups is 1. The molecule has 5 nitrogen and oxygen atoms in total. The Hall–Kier alpha value is -1.27. The molecule has 0 aliphatic carbocycles. The Balaban J connectivity index is 2.41. The van der Waals surface area contributed by atoms with E-state index in [1.165, 1.54) is 0 Å². The molecule has 1 atom stereocenters. The molecule has 2 rings (SSSR count). The lowest BCUT2D eigenvalue weighted by Crippen LogP contribution is -2.10. The Labute approximate surface area is 101 Å². The van der Waals surface area contributed by atoms with Gasteiger partial charge in [0.2, 0.25) is 0 Å². The van der Waals surface area contributed by atoms with Crippen molar-refractivity contribution >= 4 is 15.9 Å². The quantitative estimate of drug-likeness (QED) is 0.928. The maximum absolute atomic E-state index is 10.2. The summed E-state index contributed by atoms with van der Waals surface area (Å²) < 4.78 is 2.54. The number of halogens is 1. The summed E-state index contributed by atoms with van der Waals surface area (Å²) in [6.45, 7) is 2.68. The lowest BCUT2D eigenvalue weighted by atomic mass is 10.1. The molecule has 16 heavy (non-hydrogen) atoms. The van der Waals surface area contributed by atoms with Gasteiger partial charge in [0.15, 0.2) is 0 Å². The van der Waals surface area contributed by atoms with Gasteiger partial charge in [-0.15, -0.1) is 0 Å². The van der Waals surface area contributed by atoms with Crippen LogP contribution in [0.4, 0.5) is 0 Å². The fourth-order valence-electron chi connectivity index (χ4n) is 1.52. The topological polar surface area (TPSA) is 63.8 Å². The maximum atomic E-state index is 10.2. The van der Waals surface area contributed by atoms with Gasteiger partial charge in [-0.3, -0.25) is 4.68 Å². The van der Waals surface area contributed by atoms with Gasteiger partial charge in [0.1, 0.15) is 6.10 Å². The molecule has 0 radical (unpaired) electrons. The second-order valence-corrected chi connectivity index (χ2v) is 4.13. The van der Waals surface area contributed by atoms with Gasteiger partial charge in [0.05, 0.1) is 22.6 Å². The maximum Gasteiger partial charge on any atom is 0.123 e. The van der Waals surface area contributed by atoms with Gasteiger partial charge >= 0.3 is 0 Å². The van der Waals surface area contributed by atoms with Crippen LogP contribution in [0.15, 0.2) is 29.1 Å². The number of nitrogens with zero attached hydrogens (tertiary/aromatic N) is 4. The molecule has 0 aliphatic heterocycles. The van der Waals surface area contributed by atoms with Crippen LogP contribution in [0.2, 0.25) is 0 Å². The number of aliphatic hydroxyl groups excluding tert-OH is 1. The highest BCUT2D eigenvalue weighted by Gasteiger charge is 2.18. The van der Waals surface area contributed by atoms with Crippen molar-refractivity contribution in [3.05, 3.63) is 40.4 Å². The van der Waals surface area contributed by atoms with Crippen molar-refractivity contribution in [1.29, 1.82) is 0 Å². The van der Waals surface area contributed by atoms with Crippen LogP contribution in [0.5, 0.6) is 0 Å². The first kappa shape index (κ1) is 11.2. The van der Waals surface area contributed by atoms with E-state index < -0.39 is 6.10 Å². The monoisotopic (exact) mass is 282 g/mol. The molecule has 0 fully saturated rings. The molecule has 2 heterocycles. The smallest absolute Gasteiger partial charge is 0.123 e. The molecule has 84 valence electrons. The molecule has 1 unspecified atom stereocenters. The van der Waals surface area contributed by atoms with Crippen molar-refractivity contribution < 1.29 is 5.11 Å². The average molecular weight is 283 g/mol. The third kappa shape index (κ3) is 1.98. The molecule has 0 amide bonds. The van der Waals surface area contributed by atoms with Gasteiger partial charge in [-0.05, 0) is 28.9 Å². The molecule has 0 aromatic carbocycles. The lowest BCUT2D eigenvalue weighted by Gasteiger charge is -2.12. The normalized spacial score (nSPS) is 12.7. The first-order valence-corrected chi connectivity index (χ1v) is 5.69. The summed E-state index contributed by atoms with van der Waals surface area (Å²) in [6, 6.07) is 1.73. The first-order valence-electron chi connectivity index (χ1n) is 4.90. The van der Waals surface area contributed by atoms with Crippen LogP contribution in [0, 0.1) is 0 Å². The zero-order valence-electron chi connectivity index (χ0n) is 8.71. The fraction of sp³-hybridized carbons (Fsp3) is 0.300. The summed E-state index contributed by atoms with van der Waals surface area (Å²) in [6.07, 6.45) is 4.03. The Morgan fingerprint density at radius 3 is 2.88 bits per heavy atom. The third-order valence-electron chi connectivity index (χ3n) is 2.31. The largest absolute Gasteiger partial charge is 0.382 e. The molecule has 0 spiro atoms. The number of hydrogen-bond acceptors (Lipinski definition) is 4. The molecular weight excluding hydrogens is 272 g/mol. The highest BCUT2D eigenvalue weighted by molar-refractivity contribution is 9.10. The van der Waals surface area contributed by atoms with E-state index in [1.54, 1.807) is 29.3 Å². The Bertz CT molecular complexity index is 471. The van der Waals surface area contributed by atoms with E-state index >= 15 is 0 Å². The average Bonchev–Trinajstić information content (AvgIpc) is 2.70. The van der Waals surface area contributed by atoms with Crippen molar-refractivity contribution in [3.8, 4) is 0 Å². The van der Waals surface area contributed by atoms with Crippen LogP contribution in [0.3, 0.4) is 0 Å². The van der Waals surface area contributed by atoms with Gasteiger partial charge < -0.3 is 5.11 Å². The van der Waals surface area contributed by atoms with Gasteiger partial charge in [0, 0.05) is 18.3 Å². The predicted octanol–water partition coefficient (Wildman–Crippen LogP) is 1.54. The summed E-state index contributed by atoms with van der Waals surface area (Å²) in [7, 11) is 0. The van der Waals surface area contributed by atoms with Crippen LogP contribution in [0.1, 0.15) is 24.3 Å². The molecule has 2 aromatic heterocycles. The van der Waals surface area contributed by atoms with E-state index in [0.29, 0.717) is 12.1 Å². The third-order valence-corrected chi connectivity index (χ3v) is 2.93. The van der Waals surface area contributed by atoms with E-state index in [1.807, 2.05) is 6.92 Å². The first-order chi connectivity index (χ1) is 7.74. The highest BCUT2D eigenvalue weighted by Crippen LogP contribution is 2.27. The highest BCUT2D eigenvalue weighted by atomic mass is 79.9. The Morgan fingerprint density at radius 1 is 1.44 bits per heavy atom. The molecule has 6 heteroatoms. The summed E-state index contributed by atoms with van der Waals surface area (Å²) in [4.78, 5) is 0. The molecule has 0 saturated heterocycles. The van der Waals surface area contributed by atoms with Crippen molar-refractivity contribution in [2.45, 2.75) is 19.6 Å². The van der Waals surface area contributed by atoms with E-state index in [9.17, 15) is 5.11 Å². The summed E-state index contributed by atoms with van der Waals surface area (Å²) in [5.74, 6) is 0. The van der Waals surface area contributed by atoms with Crippen LogP contribution < -0.4 is 0 Å². The van der Waals surface area contributed by atoms with Crippen molar-refractivity contribution in [3.63, 3.8) is 0 Å². The van der Waals surface area contributed by atoms with Crippen LogP contribution in [0.25, 0.3) is 0 Å². The van der Waals surface area contributed by atoms with Crippen molar-refractivity contribution in [1.82, 2.24) is 20.0 Å². The van der Waals surface area contributed by atoms with Gasteiger partial charge in [-0.2, -0.15) is 15.3 Å². The van der Waals surface area contributed by atoms with E-state index in [2.05, 4.69) is 31.2 Å². The molecule has 0 aliphatic rings. The molecule has 2 aromatic rings. The fourth-order valence-corrected chi connectivity index (χ4v) is 2.03. The van der Waals surface area contributed by atoms with E-state index in [0.717, 1.165) is 10.2 Å². The van der Waals surface area contributed by atoms with Crippen molar-refractivity contribution in [2.24, 2.45) is 0 Å². The predicted molar refractivity (Wildman–Crippen MR) is 61.7 cm³/mol. The lowest BCUT2D eigenvalue weighted by molar-refractivity contribution is 0.206. The van der Waals surface area contributed by atoms with Crippen LogP contribution in [-0.2, 0) is 6.54 Å². The second-order valence-electron chi connectivity index (χ2n) is 3.27. The zero-order valence-corrected chi connectivity index (χ0v) is 10.3.